The van der Waals surface area contributed by atoms with Gasteiger partial charge in [-0.25, -0.2) is 14.2 Å². The molecule has 2 aromatic carbocycles. The van der Waals surface area contributed by atoms with E-state index in [4.69, 9.17) is 4.74 Å². The van der Waals surface area contributed by atoms with Crippen molar-refractivity contribution in [2.75, 3.05) is 0 Å². The predicted molar refractivity (Wildman–Crippen MR) is 81.1 cm³/mol. The van der Waals surface area contributed by atoms with E-state index in [2.05, 4.69) is 20.9 Å². The van der Waals surface area contributed by atoms with Gasteiger partial charge in [0.15, 0.2) is 5.70 Å². The predicted octanol–water partition coefficient (Wildman–Crippen LogP) is 3.93. The highest BCUT2D eigenvalue weighted by molar-refractivity contribution is 9.10. The van der Waals surface area contributed by atoms with Crippen molar-refractivity contribution < 1.29 is 13.9 Å². The molecule has 0 spiro atoms. The second-order valence-corrected chi connectivity index (χ2v) is 5.32. The van der Waals surface area contributed by atoms with Gasteiger partial charge in [0, 0.05) is 10.0 Å². The van der Waals surface area contributed by atoms with Crippen LogP contribution in [-0.2, 0) is 9.53 Å². The Bertz CT molecular complexity index is 783. The molecule has 1 aliphatic rings. The fraction of sp³-hybridized carbons (Fsp3) is 0. The van der Waals surface area contributed by atoms with Crippen molar-refractivity contribution in [3.63, 3.8) is 0 Å². The minimum atomic E-state index is -0.547. The zero-order chi connectivity index (χ0) is 14.8. The number of halogens is 2. The van der Waals surface area contributed by atoms with Gasteiger partial charge in [-0.3, -0.25) is 0 Å². The average molecular weight is 346 g/mol. The Labute approximate surface area is 128 Å². The van der Waals surface area contributed by atoms with Crippen LogP contribution in [0.5, 0.6) is 0 Å². The van der Waals surface area contributed by atoms with Crippen LogP contribution in [0.2, 0.25) is 0 Å². The molecule has 0 amide bonds. The lowest BCUT2D eigenvalue weighted by Gasteiger charge is -1.98. The Morgan fingerprint density at radius 1 is 1.14 bits per heavy atom. The molecule has 5 heteroatoms. The molecule has 0 aromatic heterocycles. The number of ether oxygens (including phenoxy) is 1. The average Bonchev–Trinajstić information content (AvgIpc) is 2.80. The fourth-order valence-electron chi connectivity index (χ4n) is 1.91. The third-order valence-electron chi connectivity index (χ3n) is 2.84. The number of carbonyl (C=O) groups is 1. The maximum Gasteiger partial charge on any atom is 0.363 e. The third kappa shape index (κ3) is 3.08. The minimum Gasteiger partial charge on any atom is -0.402 e. The number of benzene rings is 2. The summed E-state index contributed by atoms with van der Waals surface area (Å²) in [6, 6.07) is 13.2. The minimum absolute atomic E-state index is 0.112. The van der Waals surface area contributed by atoms with E-state index in [-0.39, 0.29) is 11.6 Å². The van der Waals surface area contributed by atoms with Crippen molar-refractivity contribution >= 4 is 33.9 Å². The first-order valence-electron chi connectivity index (χ1n) is 6.16. The maximum absolute atomic E-state index is 13.2. The number of cyclic esters (lactones) is 1. The van der Waals surface area contributed by atoms with Crippen LogP contribution in [0.3, 0.4) is 0 Å². The smallest absolute Gasteiger partial charge is 0.363 e. The van der Waals surface area contributed by atoms with Crippen LogP contribution in [0.15, 0.2) is 63.7 Å². The van der Waals surface area contributed by atoms with E-state index in [1.807, 2.05) is 24.3 Å². The van der Waals surface area contributed by atoms with Crippen LogP contribution in [0.1, 0.15) is 11.1 Å². The first kappa shape index (κ1) is 13.7. The molecule has 0 saturated heterocycles. The number of hydrogen-bond acceptors (Lipinski definition) is 3. The van der Waals surface area contributed by atoms with Gasteiger partial charge in [0.1, 0.15) is 5.82 Å². The van der Waals surface area contributed by atoms with Gasteiger partial charge in [0.05, 0.1) is 0 Å². The summed E-state index contributed by atoms with van der Waals surface area (Å²) < 4.78 is 19.2. The molecular weight excluding hydrogens is 337 g/mol. The zero-order valence-electron chi connectivity index (χ0n) is 10.7. The van der Waals surface area contributed by atoms with Crippen LogP contribution in [-0.4, -0.2) is 11.9 Å². The van der Waals surface area contributed by atoms with Gasteiger partial charge < -0.3 is 4.74 Å². The van der Waals surface area contributed by atoms with Crippen LogP contribution in [0.4, 0.5) is 4.39 Å². The van der Waals surface area contributed by atoms with Gasteiger partial charge >= 0.3 is 5.97 Å². The molecule has 3 nitrogen and oxygen atoms in total. The van der Waals surface area contributed by atoms with Crippen molar-refractivity contribution in [3.8, 4) is 0 Å². The number of aliphatic imine (C=N–C) groups is 1. The van der Waals surface area contributed by atoms with E-state index in [0.717, 1.165) is 10.0 Å². The number of esters is 1. The summed E-state index contributed by atoms with van der Waals surface area (Å²) in [5, 5.41) is 0. The molecule has 3 rings (SSSR count). The molecule has 2 aromatic rings. The highest BCUT2D eigenvalue weighted by Crippen LogP contribution is 2.21. The summed E-state index contributed by atoms with van der Waals surface area (Å²) >= 11 is 3.36. The second kappa shape index (κ2) is 5.61. The lowest BCUT2D eigenvalue weighted by molar-refractivity contribution is -0.129. The molecule has 104 valence electrons. The van der Waals surface area contributed by atoms with Gasteiger partial charge in [-0.05, 0) is 42.0 Å². The van der Waals surface area contributed by atoms with Crippen molar-refractivity contribution in [1.82, 2.24) is 0 Å². The molecule has 0 bridgehead atoms. The van der Waals surface area contributed by atoms with Gasteiger partial charge in [-0.1, -0.05) is 34.1 Å². The van der Waals surface area contributed by atoms with E-state index in [9.17, 15) is 9.18 Å². The summed E-state index contributed by atoms with van der Waals surface area (Å²) in [6.07, 6.45) is 1.62. The molecule has 1 aliphatic heterocycles. The molecule has 21 heavy (non-hydrogen) atoms. The van der Waals surface area contributed by atoms with E-state index in [1.54, 1.807) is 12.1 Å². The lowest BCUT2D eigenvalue weighted by atomic mass is 10.2. The summed E-state index contributed by atoms with van der Waals surface area (Å²) in [4.78, 5) is 16.0. The van der Waals surface area contributed by atoms with Gasteiger partial charge in [-0.2, -0.15) is 0 Å². The Morgan fingerprint density at radius 3 is 2.71 bits per heavy atom. The molecule has 0 N–H and O–H groups in total. The fourth-order valence-corrected chi connectivity index (χ4v) is 2.33. The Hall–Kier alpha value is -2.27. The van der Waals surface area contributed by atoms with E-state index in [1.165, 1.54) is 18.2 Å². The van der Waals surface area contributed by atoms with Crippen molar-refractivity contribution in [3.05, 3.63) is 75.6 Å². The van der Waals surface area contributed by atoms with E-state index in [0.29, 0.717) is 5.56 Å². The largest absolute Gasteiger partial charge is 0.402 e. The third-order valence-corrected chi connectivity index (χ3v) is 3.34. The topological polar surface area (TPSA) is 38.7 Å². The number of nitrogens with zero attached hydrogens (tertiary/aromatic N) is 1. The first-order chi connectivity index (χ1) is 10.1. The van der Waals surface area contributed by atoms with Gasteiger partial charge in [0.2, 0.25) is 5.90 Å². The Morgan fingerprint density at radius 2 is 1.95 bits per heavy atom. The molecule has 0 aliphatic carbocycles. The standard InChI is InChI=1S/C16H9BrFNO2/c17-12-5-1-3-10(7-12)8-14-16(20)21-15(19-14)11-4-2-6-13(18)9-11/h1-9H/b14-8-. The van der Waals surface area contributed by atoms with Crippen LogP contribution < -0.4 is 0 Å². The molecule has 0 fully saturated rings. The van der Waals surface area contributed by atoms with Crippen LogP contribution >= 0.6 is 15.9 Å². The summed E-state index contributed by atoms with van der Waals surface area (Å²) in [5.41, 5.74) is 1.44. The highest BCUT2D eigenvalue weighted by atomic mass is 79.9. The SMILES string of the molecule is O=C1OC(c2cccc(F)c2)=N/C1=C\c1cccc(Br)c1. The molecule has 0 saturated carbocycles. The van der Waals surface area contributed by atoms with Crippen LogP contribution in [0, 0.1) is 5.82 Å². The van der Waals surface area contributed by atoms with Crippen molar-refractivity contribution in [1.29, 1.82) is 0 Å². The summed E-state index contributed by atoms with van der Waals surface area (Å²) in [7, 11) is 0. The van der Waals surface area contributed by atoms with Gasteiger partial charge in [0.25, 0.3) is 0 Å². The molecule has 0 radical (unpaired) electrons. The number of rotatable bonds is 2. The van der Waals surface area contributed by atoms with E-state index < -0.39 is 11.8 Å². The van der Waals surface area contributed by atoms with Crippen molar-refractivity contribution in [2.24, 2.45) is 4.99 Å². The summed E-state index contributed by atoms with van der Waals surface area (Å²) in [6.45, 7) is 0. The number of hydrogen-bond donors (Lipinski definition) is 0. The first-order valence-corrected chi connectivity index (χ1v) is 6.95. The Kier molecular flexibility index (Phi) is 3.66. The van der Waals surface area contributed by atoms with E-state index >= 15 is 0 Å². The Balaban J connectivity index is 1.95. The lowest BCUT2D eigenvalue weighted by Crippen LogP contribution is -2.05. The normalized spacial score (nSPS) is 16.0. The quantitative estimate of drug-likeness (QED) is 0.610. The highest BCUT2D eigenvalue weighted by Gasteiger charge is 2.24. The molecule has 1 heterocycles. The van der Waals surface area contributed by atoms with Crippen LogP contribution in [0.25, 0.3) is 6.08 Å². The second-order valence-electron chi connectivity index (χ2n) is 4.40. The summed E-state index contributed by atoms with van der Waals surface area (Å²) in [5.74, 6) is -0.842. The maximum atomic E-state index is 13.2. The molecule has 0 unspecified atom stereocenters. The monoisotopic (exact) mass is 345 g/mol. The van der Waals surface area contributed by atoms with Gasteiger partial charge in [-0.15, -0.1) is 0 Å². The molecular formula is C16H9BrFNO2. The van der Waals surface area contributed by atoms with Crippen molar-refractivity contribution in [2.45, 2.75) is 0 Å². The molecule has 0 atom stereocenters. The zero-order valence-corrected chi connectivity index (χ0v) is 12.3. The number of carbonyl (C=O) groups excluding carboxylic acids is 1.